The fourth-order valence-corrected chi connectivity index (χ4v) is 3.38. The van der Waals surface area contributed by atoms with Gasteiger partial charge in [0.1, 0.15) is 0 Å². The molecule has 0 aliphatic carbocycles. The zero-order valence-electron chi connectivity index (χ0n) is 12.6. The molecule has 2 heteroatoms. The molecule has 1 aliphatic rings. The Balaban J connectivity index is 1.86. The number of nitrogens with one attached hydrogen (secondary N) is 2. The van der Waals surface area contributed by atoms with Gasteiger partial charge in [0, 0.05) is 22.5 Å². The second-order valence-corrected chi connectivity index (χ2v) is 5.99. The minimum absolute atomic E-state index is 0.373. The third-order valence-corrected chi connectivity index (χ3v) is 4.54. The van der Waals surface area contributed by atoms with Crippen molar-refractivity contribution in [3.05, 3.63) is 66.9 Å². The molecule has 1 unspecified atom stereocenters. The third kappa shape index (κ3) is 2.26. The fourth-order valence-electron chi connectivity index (χ4n) is 3.38. The van der Waals surface area contributed by atoms with Crippen LogP contribution in [-0.2, 0) is 0 Å². The average molecular weight is 288 g/mol. The first kappa shape index (κ1) is 13.4. The lowest BCUT2D eigenvalue weighted by molar-refractivity contribution is 0.695. The maximum absolute atomic E-state index is 4.27. The van der Waals surface area contributed by atoms with Gasteiger partial charge in [0.05, 0.1) is 5.69 Å². The molecule has 4 rings (SSSR count). The molecule has 3 aromatic rings. The van der Waals surface area contributed by atoms with Crippen LogP contribution in [0.3, 0.4) is 0 Å². The van der Waals surface area contributed by atoms with Crippen molar-refractivity contribution in [3.63, 3.8) is 0 Å². The maximum Gasteiger partial charge on any atom is 0.0541 e. The Hall–Kier alpha value is -2.32. The van der Waals surface area contributed by atoms with E-state index in [4.69, 9.17) is 0 Å². The van der Waals surface area contributed by atoms with Crippen molar-refractivity contribution in [2.75, 3.05) is 11.9 Å². The van der Waals surface area contributed by atoms with Crippen LogP contribution in [0.5, 0.6) is 0 Å². The topological polar surface area (TPSA) is 24.1 Å². The lowest BCUT2D eigenvalue weighted by atomic mass is 10.0. The van der Waals surface area contributed by atoms with Gasteiger partial charge in [-0.2, -0.15) is 0 Å². The summed E-state index contributed by atoms with van der Waals surface area (Å²) in [5, 5.41) is 12.1. The fraction of sp³-hybridized carbons (Fsp3) is 0.200. The summed E-state index contributed by atoms with van der Waals surface area (Å²) < 4.78 is 0. The molecule has 1 aliphatic heterocycles. The molecule has 1 heterocycles. The first-order valence-electron chi connectivity index (χ1n) is 7.92. The minimum atomic E-state index is 0.373. The number of benzene rings is 3. The van der Waals surface area contributed by atoms with E-state index in [0.717, 1.165) is 18.7 Å². The van der Waals surface area contributed by atoms with Crippen LogP contribution in [0.25, 0.3) is 21.5 Å². The van der Waals surface area contributed by atoms with Gasteiger partial charge in [0.25, 0.3) is 0 Å². The zero-order valence-corrected chi connectivity index (χ0v) is 12.6. The van der Waals surface area contributed by atoms with Crippen molar-refractivity contribution >= 4 is 27.2 Å². The SMILES string of the molecule is C=C(Nc1c2ccccc2cc2ccccc12)C1CCCN1. The van der Waals surface area contributed by atoms with Gasteiger partial charge >= 0.3 is 0 Å². The Morgan fingerprint density at radius 3 is 2.23 bits per heavy atom. The van der Waals surface area contributed by atoms with E-state index in [2.05, 4.69) is 71.8 Å². The molecule has 1 fully saturated rings. The Morgan fingerprint density at radius 1 is 1.00 bits per heavy atom. The van der Waals surface area contributed by atoms with Gasteiger partial charge in [-0.05, 0) is 36.2 Å². The second-order valence-electron chi connectivity index (χ2n) is 5.99. The maximum atomic E-state index is 4.27. The summed E-state index contributed by atoms with van der Waals surface area (Å²) >= 11 is 0. The Bertz CT molecular complexity index is 791. The highest BCUT2D eigenvalue weighted by Gasteiger charge is 2.18. The van der Waals surface area contributed by atoms with E-state index >= 15 is 0 Å². The van der Waals surface area contributed by atoms with Crippen LogP contribution in [0, 0.1) is 0 Å². The van der Waals surface area contributed by atoms with Crippen molar-refractivity contribution < 1.29 is 0 Å². The molecular formula is C20H20N2. The predicted molar refractivity (Wildman–Crippen MR) is 95.2 cm³/mol. The standard InChI is InChI=1S/C20H20N2/c1-14(19-11-6-12-21-19)22-20-17-9-4-2-7-15(17)13-16-8-3-5-10-18(16)20/h2-5,7-10,13,19,21-22H,1,6,11-12H2. The lowest BCUT2D eigenvalue weighted by Gasteiger charge is -2.19. The molecule has 0 radical (unpaired) electrons. The molecular weight excluding hydrogens is 268 g/mol. The monoisotopic (exact) mass is 288 g/mol. The zero-order chi connectivity index (χ0) is 14.9. The molecule has 0 bridgehead atoms. The van der Waals surface area contributed by atoms with Crippen LogP contribution in [0.2, 0.25) is 0 Å². The first-order chi connectivity index (χ1) is 10.8. The molecule has 2 nitrogen and oxygen atoms in total. The Morgan fingerprint density at radius 2 is 1.64 bits per heavy atom. The summed E-state index contributed by atoms with van der Waals surface area (Å²) in [5.74, 6) is 0. The molecule has 1 atom stereocenters. The van der Waals surface area contributed by atoms with Gasteiger partial charge in [-0.15, -0.1) is 0 Å². The van der Waals surface area contributed by atoms with E-state index < -0.39 is 0 Å². The van der Waals surface area contributed by atoms with Gasteiger partial charge in [-0.1, -0.05) is 55.1 Å². The van der Waals surface area contributed by atoms with Crippen LogP contribution in [-0.4, -0.2) is 12.6 Å². The van der Waals surface area contributed by atoms with Gasteiger partial charge in [-0.25, -0.2) is 0 Å². The molecule has 110 valence electrons. The molecule has 0 saturated carbocycles. The van der Waals surface area contributed by atoms with Crippen molar-refractivity contribution in [2.45, 2.75) is 18.9 Å². The van der Waals surface area contributed by atoms with Crippen LogP contribution in [0.15, 0.2) is 66.9 Å². The number of hydrogen-bond donors (Lipinski definition) is 2. The van der Waals surface area contributed by atoms with Crippen LogP contribution in [0.4, 0.5) is 5.69 Å². The smallest absolute Gasteiger partial charge is 0.0541 e. The first-order valence-corrected chi connectivity index (χ1v) is 7.92. The van der Waals surface area contributed by atoms with Crippen molar-refractivity contribution in [2.24, 2.45) is 0 Å². The van der Waals surface area contributed by atoms with Crippen molar-refractivity contribution in [1.82, 2.24) is 5.32 Å². The molecule has 1 saturated heterocycles. The van der Waals surface area contributed by atoms with Gasteiger partial charge < -0.3 is 10.6 Å². The summed E-state index contributed by atoms with van der Waals surface area (Å²) in [6.07, 6.45) is 2.39. The van der Waals surface area contributed by atoms with Crippen molar-refractivity contribution in [3.8, 4) is 0 Å². The number of anilines is 1. The van der Waals surface area contributed by atoms with Crippen LogP contribution in [0.1, 0.15) is 12.8 Å². The largest absolute Gasteiger partial charge is 0.357 e. The van der Waals surface area contributed by atoms with E-state index in [-0.39, 0.29) is 0 Å². The number of hydrogen-bond acceptors (Lipinski definition) is 2. The van der Waals surface area contributed by atoms with Crippen LogP contribution < -0.4 is 10.6 Å². The third-order valence-electron chi connectivity index (χ3n) is 4.54. The summed E-state index contributed by atoms with van der Waals surface area (Å²) in [5.41, 5.74) is 2.24. The normalized spacial score (nSPS) is 17.9. The average Bonchev–Trinajstić information content (AvgIpc) is 3.09. The quantitative estimate of drug-likeness (QED) is 0.684. The highest BCUT2D eigenvalue weighted by atomic mass is 15.0. The van der Waals surface area contributed by atoms with Gasteiger partial charge in [-0.3, -0.25) is 0 Å². The molecule has 22 heavy (non-hydrogen) atoms. The molecule has 0 spiro atoms. The highest BCUT2D eigenvalue weighted by Crippen LogP contribution is 2.34. The van der Waals surface area contributed by atoms with Crippen LogP contribution >= 0.6 is 0 Å². The molecule has 3 aromatic carbocycles. The van der Waals surface area contributed by atoms with E-state index in [9.17, 15) is 0 Å². The molecule has 0 amide bonds. The predicted octanol–water partition coefficient (Wildman–Crippen LogP) is 4.67. The van der Waals surface area contributed by atoms with E-state index in [1.165, 1.54) is 33.7 Å². The summed E-state index contributed by atoms with van der Waals surface area (Å²) in [7, 11) is 0. The highest BCUT2D eigenvalue weighted by molar-refractivity contribution is 6.11. The summed E-state index contributed by atoms with van der Waals surface area (Å²) in [6, 6.07) is 19.7. The van der Waals surface area contributed by atoms with E-state index in [1.54, 1.807) is 0 Å². The summed E-state index contributed by atoms with van der Waals surface area (Å²) in [6.45, 7) is 5.36. The number of fused-ring (bicyclic) bond motifs is 2. The Kier molecular flexibility index (Phi) is 3.32. The van der Waals surface area contributed by atoms with Gasteiger partial charge in [0.15, 0.2) is 0 Å². The molecule has 0 aromatic heterocycles. The van der Waals surface area contributed by atoms with Gasteiger partial charge in [0.2, 0.25) is 0 Å². The van der Waals surface area contributed by atoms with Crippen molar-refractivity contribution in [1.29, 1.82) is 0 Å². The summed E-state index contributed by atoms with van der Waals surface area (Å²) in [4.78, 5) is 0. The van der Waals surface area contributed by atoms with E-state index in [1.807, 2.05) is 0 Å². The van der Waals surface area contributed by atoms with E-state index in [0.29, 0.717) is 6.04 Å². The minimum Gasteiger partial charge on any atom is -0.357 e. The number of rotatable bonds is 3. The Labute approximate surface area is 130 Å². The lowest BCUT2D eigenvalue weighted by Crippen LogP contribution is -2.26. The molecule has 2 N–H and O–H groups in total. The second kappa shape index (κ2) is 5.47.